The zero-order valence-electron chi connectivity index (χ0n) is 20.1. The molecule has 0 radical (unpaired) electrons. The highest BCUT2D eigenvalue weighted by molar-refractivity contribution is 5.92. The molecule has 2 heterocycles. The molecule has 0 bridgehead atoms. The highest BCUT2D eigenvalue weighted by Gasteiger charge is 2.18. The summed E-state index contributed by atoms with van der Waals surface area (Å²) in [5.74, 6) is 1.81. The van der Waals surface area contributed by atoms with Crippen LogP contribution in [0.2, 0.25) is 0 Å². The maximum absolute atomic E-state index is 13.5. The number of hydrogen-bond donors (Lipinski definition) is 1. The largest absolute Gasteiger partial charge is 0.497 e. The average Bonchev–Trinajstić information content (AvgIpc) is 3.40. The fourth-order valence-electron chi connectivity index (χ4n) is 4.49. The van der Waals surface area contributed by atoms with E-state index in [0.717, 1.165) is 27.5 Å². The Morgan fingerprint density at radius 3 is 2.43 bits per heavy atom. The minimum Gasteiger partial charge on any atom is -0.497 e. The first-order valence-electron chi connectivity index (χ1n) is 11.9. The standard InChI is InChI=1S/C29H24N4O4/c1-36-23-13-11-20(12-14-23)27-30-28-25-8-4-5-9-26(25)32(29(35)33(28)31-27)17-22(34)18-37-24-15-10-19-6-2-3-7-21(19)16-24/h2-16,22,34H,17-18H2,1H3. The van der Waals surface area contributed by atoms with Crippen LogP contribution in [-0.4, -0.2) is 44.1 Å². The molecule has 1 N–H and O–H groups in total. The molecule has 1 atom stereocenters. The summed E-state index contributed by atoms with van der Waals surface area (Å²) in [5.41, 5.74) is 1.51. The van der Waals surface area contributed by atoms with E-state index in [9.17, 15) is 9.90 Å². The van der Waals surface area contributed by atoms with Crippen molar-refractivity contribution in [1.29, 1.82) is 0 Å². The second-order valence-electron chi connectivity index (χ2n) is 8.78. The zero-order valence-corrected chi connectivity index (χ0v) is 20.1. The summed E-state index contributed by atoms with van der Waals surface area (Å²) >= 11 is 0. The topological polar surface area (TPSA) is 90.9 Å². The molecule has 0 amide bonds. The van der Waals surface area contributed by atoms with Crippen molar-refractivity contribution in [3.8, 4) is 22.9 Å². The molecule has 0 spiro atoms. The number of ether oxygens (including phenoxy) is 2. The second kappa shape index (κ2) is 9.40. The number of methoxy groups -OCH3 is 1. The molecule has 6 aromatic rings. The van der Waals surface area contributed by atoms with E-state index < -0.39 is 6.10 Å². The summed E-state index contributed by atoms with van der Waals surface area (Å²) < 4.78 is 13.9. The van der Waals surface area contributed by atoms with Crippen molar-refractivity contribution in [2.45, 2.75) is 12.6 Å². The number of aliphatic hydroxyl groups is 1. The minimum absolute atomic E-state index is 0.0333. The molecule has 4 aromatic carbocycles. The van der Waals surface area contributed by atoms with Crippen LogP contribution in [-0.2, 0) is 6.54 Å². The maximum Gasteiger partial charge on any atom is 0.351 e. The van der Waals surface area contributed by atoms with Gasteiger partial charge in [0.2, 0.25) is 0 Å². The number of para-hydroxylation sites is 1. The Balaban J connectivity index is 1.31. The average molecular weight is 493 g/mol. The number of aromatic nitrogens is 4. The highest BCUT2D eigenvalue weighted by atomic mass is 16.5. The van der Waals surface area contributed by atoms with E-state index in [0.29, 0.717) is 22.7 Å². The fraction of sp³-hybridized carbons (Fsp3) is 0.138. The quantitative estimate of drug-likeness (QED) is 0.357. The first-order valence-corrected chi connectivity index (χ1v) is 11.9. The van der Waals surface area contributed by atoms with E-state index in [2.05, 4.69) is 10.1 Å². The van der Waals surface area contributed by atoms with Crippen molar-refractivity contribution in [3.63, 3.8) is 0 Å². The minimum atomic E-state index is -0.922. The third-order valence-corrected chi connectivity index (χ3v) is 6.36. The fourth-order valence-corrected chi connectivity index (χ4v) is 4.49. The van der Waals surface area contributed by atoms with Crippen LogP contribution in [0.25, 0.3) is 38.7 Å². The van der Waals surface area contributed by atoms with Crippen LogP contribution in [0.5, 0.6) is 11.5 Å². The van der Waals surface area contributed by atoms with Crippen molar-refractivity contribution >= 4 is 27.3 Å². The lowest BCUT2D eigenvalue weighted by Gasteiger charge is -2.16. The molecule has 184 valence electrons. The summed E-state index contributed by atoms with van der Waals surface area (Å²) in [5, 5.41) is 18.3. The van der Waals surface area contributed by atoms with Gasteiger partial charge in [0.05, 0.1) is 19.2 Å². The first-order chi connectivity index (χ1) is 18.1. The predicted octanol–water partition coefficient (Wildman–Crippen LogP) is 4.31. The Kier molecular flexibility index (Phi) is 5.78. The molecule has 0 fully saturated rings. The molecule has 0 aliphatic rings. The van der Waals surface area contributed by atoms with Crippen molar-refractivity contribution in [2.24, 2.45) is 0 Å². The smallest absolute Gasteiger partial charge is 0.351 e. The van der Waals surface area contributed by atoms with Gasteiger partial charge in [-0.05, 0) is 59.3 Å². The molecule has 1 unspecified atom stereocenters. The van der Waals surface area contributed by atoms with Crippen LogP contribution in [0.1, 0.15) is 0 Å². The van der Waals surface area contributed by atoms with Crippen molar-refractivity contribution in [1.82, 2.24) is 19.2 Å². The number of nitrogens with zero attached hydrogens (tertiary/aromatic N) is 4. The van der Waals surface area contributed by atoms with Crippen molar-refractivity contribution in [2.75, 3.05) is 13.7 Å². The molecule has 2 aromatic heterocycles. The second-order valence-corrected chi connectivity index (χ2v) is 8.78. The Bertz CT molecular complexity index is 1790. The third kappa shape index (κ3) is 4.28. The molecule has 0 aliphatic carbocycles. The van der Waals surface area contributed by atoms with Crippen LogP contribution in [0.3, 0.4) is 0 Å². The normalized spacial score (nSPS) is 12.3. The monoisotopic (exact) mass is 492 g/mol. The van der Waals surface area contributed by atoms with E-state index in [-0.39, 0.29) is 18.8 Å². The lowest BCUT2D eigenvalue weighted by Crippen LogP contribution is -2.34. The van der Waals surface area contributed by atoms with E-state index in [4.69, 9.17) is 9.47 Å². The van der Waals surface area contributed by atoms with Gasteiger partial charge >= 0.3 is 5.69 Å². The molecular formula is C29H24N4O4. The Morgan fingerprint density at radius 1 is 0.892 bits per heavy atom. The Hall–Kier alpha value is -4.69. The number of fused-ring (bicyclic) bond motifs is 4. The molecule has 8 nitrogen and oxygen atoms in total. The number of aliphatic hydroxyl groups excluding tert-OH is 1. The molecule has 6 rings (SSSR count). The van der Waals surface area contributed by atoms with Gasteiger partial charge in [0, 0.05) is 10.9 Å². The lowest BCUT2D eigenvalue weighted by atomic mass is 10.1. The van der Waals surface area contributed by atoms with Gasteiger partial charge in [-0.25, -0.2) is 9.78 Å². The summed E-state index contributed by atoms with van der Waals surface area (Å²) in [4.78, 5) is 18.2. The third-order valence-electron chi connectivity index (χ3n) is 6.36. The molecular weight excluding hydrogens is 468 g/mol. The van der Waals surface area contributed by atoms with Crippen molar-refractivity contribution < 1.29 is 14.6 Å². The summed E-state index contributed by atoms with van der Waals surface area (Å²) in [6.07, 6.45) is -0.922. The van der Waals surface area contributed by atoms with Crippen LogP contribution in [0.4, 0.5) is 0 Å². The number of rotatable bonds is 7. The van der Waals surface area contributed by atoms with Crippen LogP contribution in [0.15, 0.2) is 95.8 Å². The van der Waals surface area contributed by atoms with Gasteiger partial charge < -0.3 is 14.6 Å². The van der Waals surface area contributed by atoms with Crippen LogP contribution < -0.4 is 15.2 Å². The Labute approximate surface area is 212 Å². The van der Waals surface area contributed by atoms with E-state index >= 15 is 0 Å². The highest BCUT2D eigenvalue weighted by Crippen LogP contribution is 2.24. The summed E-state index contributed by atoms with van der Waals surface area (Å²) in [6, 6.07) is 28.6. The van der Waals surface area contributed by atoms with Gasteiger partial charge in [-0.3, -0.25) is 4.57 Å². The first kappa shape index (κ1) is 22.8. The SMILES string of the molecule is COc1ccc(-c2nc3c4ccccc4n(CC(O)COc4ccc5ccccc5c4)c(=O)n3n2)cc1. The lowest BCUT2D eigenvalue weighted by molar-refractivity contribution is 0.0923. The van der Waals surface area contributed by atoms with Gasteiger partial charge in [-0.1, -0.05) is 42.5 Å². The maximum atomic E-state index is 13.5. The molecule has 0 saturated heterocycles. The molecule has 37 heavy (non-hydrogen) atoms. The Morgan fingerprint density at radius 2 is 1.62 bits per heavy atom. The van der Waals surface area contributed by atoms with E-state index in [1.165, 1.54) is 9.08 Å². The number of benzene rings is 4. The summed E-state index contributed by atoms with van der Waals surface area (Å²) in [7, 11) is 1.61. The van der Waals surface area contributed by atoms with Gasteiger partial charge in [-0.2, -0.15) is 4.52 Å². The van der Waals surface area contributed by atoms with E-state index in [1.807, 2.05) is 91.0 Å². The van der Waals surface area contributed by atoms with Crippen LogP contribution >= 0.6 is 0 Å². The van der Waals surface area contributed by atoms with Gasteiger partial charge in [0.1, 0.15) is 24.2 Å². The van der Waals surface area contributed by atoms with Gasteiger partial charge in [-0.15, -0.1) is 5.10 Å². The van der Waals surface area contributed by atoms with E-state index in [1.54, 1.807) is 7.11 Å². The van der Waals surface area contributed by atoms with Gasteiger partial charge in [0.25, 0.3) is 0 Å². The van der Waals surface area contributed by atoms with Crippen LogP contribution in [0, 0.1) is 0 Å². The molecule has 8 heteroatoms. The van der Waals surface area contributed by atoms with Crippen molar-refractivity contribution in [3.05, 3.63) is 101 Å². The molecule has 0 aliphatic heterocycles. The summed E-state index contributed by atoms with van der Waals surface area (Å²) in [6.45, 7) is 0.0756. The van der Waals surface area contributed by atoms with Gasteiger partial charge in [0.15, 0.2) is 11.5 Å². The zero-order chi connectivity index (χ0) is 25.4. The molecule has 0 saturated carbocycles. The predicted molar refractivity (Wildman–Crippen MR) is 142 cm³/mol. The number of hydrogen-bond acceptors (Lipinski definition) is 6.